The van der Waals surface area contributed by atoms with Crippen molar-refractivity contribution in [2.24, 2.45) is 10.5 Å². The fraction of sp³-hybridized carbons (Fsp3) is 0.333. The Morgan fingerprint density at radius 3 is 2.41 bits per heavy atom. The van der Waals surface area contributed by atoms with E-state index in [0.29, 0.717) is 23.4 Å². The monoisotopic (exact) mass is 544 g/mol. The highest BCUT2D eigenvalue weighted by Gasteiger charge is 2.55. The highest BCUT2D eigenvalue weighted by atomic mass is 19.4. The van der Waals surface area contributed by atoms with Crippen molar-refractivity contribution in [3.63, 3.8) is 0 Å². The molecule has 208 valence electrons. The van der Waals surface area contributed by atoms with Crippen LogP contribution in [0.25, 0.3) is 5.57 Å². The van der Waals surface area contributed by atoms with Crippen LogP contribution in [0.15, 0.2) is 78.1 Å². The smallest absolute Gasteiger partial charge is 0.431 e. The molecule has 2 aromatic rings. The predicted octanol–water partition coefficient (Wildman–Crippen LogP) is 7.26. The minimum Gasteiger partial charge on any atom is -0.497 e. The molecule has 1 aliphatic rings. The lowest BCUT2D eigenvalue weighted by Gasteiger charge is -2.32. The second kappa shape index (κ2) is 11.9. The molecule has 9 heteroatoms. The van der Waals surface area contributed by atoms with Crippen molar-refractivity contribution in [2.45, 2.75) is 45.8 Å². The third kappa shape index (κ3) is 6.96. The van der Waals surface area contributed by atoms with Gasteiger partial charge in [0.05, 0.1) is 25.3 Å². The second-order valence-corrected chi connectivity index (χ2v) is 9.94. The van der Waals surface area contributed by atoms with Crippen LogP contribution in [0.5, 0.6) is 0 Å². The van der Waals surface area contributed by atoms with Crippen molar-refractivity contribution in [1.29, 1.82) is 0 Å². The number of rotatable bonds is 10. The Kier molecular flexibility index (Phi) is 9.04. The van der Waals surface area contributed by atoms with Gasteiger partial charge < -0.3 is 9.84 Å². The Labute approximate surface area is 225 Å². The number of hydrazone groups is 1. The van der Waals surface area contributed by atoms with Gasteiger partial charge in [0.1, 0.15) is 18.1 Å². The molecule has 5 nitrogen and oxygen atoms in total. The van der Waals surface area contributed by atoms with Gasteiger partial charge in [0.2, 0.25) is 0 Å². The van der Waals surface area contributed by atoms with E-state index in [2.05, 4.69) is 11.7 Å². The topological polar surface area (TPSA) is 62.1 Å². The number of anilines is 1. The van der Waals surface area contributed by atoms with Gasteiger partial charge in [0.15, 0.2) is 0 Å². The first-order valence-electron chi connectivity index (χ1n) is 12.3. The van der Waals surface area contributed by atoms with Crippen LogP contribution >= 0.6 is 0 Å². The Bertz CT molecular complexity index is 1310. The minimum absolute atomic E-state index is 0.392. The molecule has 1 atom stereocenters. The average molecular weight is 545 g/mol. The van der Waals surface area contributed by atoms with Crippen LogP contribution in [0.1, 0.15) is 42.5 Å². The summed E-state index contributed by atoms with van der Waals surface area (Å²) in [5.41, 5.74) is 2.49. The predicted molar refractivity (Wildman–Crippen MR) is 145 cm³/mol. The molecule has 0 aromatic heterocycles. The zero-order chi connectivity index (χ0) is 29.0. The van der Waals surface area contributed by atoms with Crippen molar-refractivity contribution in [3.8, 4) is 0 Å². The van der Waals surface area contributed by atoms with E-state index in [4.69, 9.17) is 4.74 Å². The average Bonchev–Trinajstić information content (AvgIpc) is 3.13. The number of alkyl halides is 4. The zero-order valence-electron chi connectivity index (χ0n) is 22.3. The molecule has 39 heavy (non-hydrogen) atoms. The van der Waals surface area contributed by atoms with Crippen LogP contribution < -0.4 is 5.01 Å². The number of nitrogens with zero attached hydrogens (tertiary/aromatic N) is 2. The van der Waals surface area contributed by atoms with Crippen LogP contribution in [0, 0.1) is 12.3 Å². The van der Waals surface area contributed by atoms with Crippen LogP contribution in [-0.2, 0) is 16.0 Å². The van der Waals surface area contributed by atoms with Crippen molar-refractivity contribution in [1.82, 2.24) is 0 Å². The highest BCUT2D eigenvalue weighted by molar-refractivity contribution is 5.98. The first-order chi connectivity index (χ1) is 18.3. The summed E-state index contributed by atoms with van der Waals surface area (Å²) in [4.78, 5) is 11.5. The van der Waals surface area contributed by atoms with E-state index in [9.17, 15) is 27.5 Å². The van der Waals surface area contributed by atoms with E-state index < -0.39 is 42.4 Å². The van der Waals surface area contributed by atoms with Crippen LogP contribution in [0.4, 0.5) is 23.2 Å². The fourth-order valence-electron chi connectivity index (χ4n) is 4.61. The minimum atomic E-state index is -4.67. The van der Waals surface area contributed by atoms with Gasteiger partial charge in [-0.1, -0.05) is 56.8 Å². The first kappa shape index (κ1) is 29.7. The molecule has 1 aliphatic heterocycles. The molecule has 1 heterocycles. The van der Waals surface area contributed by atoms with Crippen LogP contribution in [-0.4, -0.2) is 42.8 Å². The quantitative estimate of drug-likeness (QED) is 0.194. The maximum absolute atomic E-state index is 13.7. The van der Waals surface area contributed by atoms with Gasteiger partial charge in [-0.05, 0) is 65.5 Å². The van der Waals surface area contributed by atoms with E-state index in [1.807, 2.05) is 25.1 Å². The van der Waals surface area contributed by atoms with Gasteiger partial charge in [0.25, 0.3) is 0 Å². The number of aliphatic carboxylic acids is 1. The number of carbonyl (C=O) groups is 1. The van der Waals surface area contributed by atoms with Gasteiger partial charge in [-0.2, -0.15) is 18.3 Å². The maximum Gasteiger partial charge on any atom is 0.431 e. The number of carboxylic acid groups (broad SMARTS) is 1. The summed E-state index contributed by atoms with van der Waals surface area (Å²) < 4.78 is 58.7. The molecular weight excluding hydrogens is 512 g/mol. The summed E-state index contributed by atoms with van der Waals surface area (Å²) >= 11 is 0. The number of hydrogen-bond donors (Lipinski definition) is 1. The number of aryl methyl sites for hydroxylation is 1. The SMILES string of the molecule is C=C(/C=C(\C=C/CF)OC)c1ccc(Cc2ccc(N3N=C(C(F)(F)F)C(C)(C)C3CC(=O)O)cc2)c(C)c1. The Hall–Kier alpha value is -3.88. The van der Waals surface area contributed by atoms with E-state index in [0.717, 1.165) is 22.3 Å². The van der Waals surface area contributed by atoms with Crippen molar-refractivity contribution < 1.29 is 32.2 Å². The molecule has 1 N–H and O–H groups in total. The molecule has 0 saturated heterocycles. The van der Waals surface area contributed by atoms with Gasteiger partial charge in [-0.3, -0.25) is 9.80 Å². The van der Waals surface area contributed by atoms with E-state index >= 15 is 0 Å². The molecule has 3 rings (SSSR count). The summed E-state index contributed by atoms with van der Waals surface area (Å²) in [5, 5.41) is 14.4. The number of ether oxygens (including phenoxy) is 1. The number of halogens is 4. The summed E-state index contributed by atoms with van der Waals surface area (Å²) in [6.45, 7) is 8.19. The molecule has 1 unspecified atom stereocenters. The molecule has 0 saturated carbocycles. The highest BCUT2D eigenvalue weighted by Crippen LogP contribution is 2.44. The summed E-state index contributed by atoms with van der Waals surface area (Å²) in [6.07, 6.45) is 0.0402. The lowest BCUT2D eigenvalue weighted by atomic mass is 9.78. The van der Waals surface area contributed by atoms with Crippen molar-refractivity contribution in [2.75, 3.05) is 18.8 Å². The maximum atomic E-state index is 13.7. The molecule has 0 amide bonds. The number of allylic oxidation sites excluding steroid dienone is 4. The number of carboxylic acids is 1. The van der Waals surface area contributed by atoms with Gasteiger partial charge in [-0.15, -0.1) is 0 Å². The summed E-state index contributed by atoms with van der Waals surface area (Å²) in [5.74, 6) is -0.710. The van der Waals surface area contributed by atoms with Gasteiger partial charge >= 0.3 is 12.1 Å². The Morgan fingerprint density at radius 2 is 1.87 bits per heavy atom. The summed E-state index contributed by atoms with van der Waals surface area (Å²) in [7, 11) is 1.50. The summed E-state index contributed by atoms with van der Waals surface area (Å²) in [6, 6.07) is 11.8. The van der Waals surface area contributed by atoms with Gasteiger partial charge in [-0.25, -0.2) is 4.39 Å². The Balaban J connectivity index is 1.81. The van der Waals surface area contributed by atoms with Gasteiger partial charge in [0, 0.05) is 5.41 Å². The molecule has 0 bridgehead atoms. The van der Waals surface area contributed by atoms with Crippen molar-refractivity contribution >= 4 is 22.9 Å². The van der Waals surface area contributed by atoms with Crippen LogP contribution in [0.2, 0.25) is 0 Å². The van der Waals surface area contributed by atoms with Crippen LogP contribution in [0.3, 0.4) is 0 Å². The third-order valence-corrected chi connectivity index (χ3v) is 6.82. The molecule has 0 fully saturated rings. The fourth-order valence-corrected chi connectivity index (χ4v) is 4.61. The number of methoxy groups -OCH3 is 1. The third-order valence-electron chi connectivity index (χ3n) is 6.82. The number of benzene rings is 2. The standard InChI is InChI=1S/C30H32F4N2O3/c1-19-15-22(20(2)16-25(39-5)7-6-14-31)10-11-23(19)17-21-8-12-24(13-9-21)36-26(18-27(37)38)29(3,4)28(35-36)30(32,33)34/h6-13,15-16,26H,2,14,17-18H2,1,3-5H3,(H,37,38)/b7-6-,25-16+. The molecule has 0 radical (unpaired) electrons. The molecular formula is C30H32F4N2O3. The Morgan fingerprint density at radius 1 is 1.21 bits per heavy atom. The largest absolute Gasteiger partial charge is 0.497 e. The lowest BCUT2D eigenvalue weighted by molar-refractivity contribution is -0.137. The molecule has 0 aliphatic carbocycles. The first-order valence-corrected chi connectivity index (χ1v) is 12.3. The normalized spacial score (nSPS) is 17.4. The van der Waals surface area contributed by atoms with E-state index in [1.54, 1.807) is 30.3 Å². The van der Waals surface area contributed by atoms with E-state index in [1.165, 1.54) is 38.1 Å². The molecule has 2 aromatic carbocycles. The van der Waals surface area contributed by atoms with E-state index in [-0.39, 0.29) is 0 Å². The number of hydrogen-bond acceptors (Lipinski definition) is 4. The lowest BCUT2D eigenvalue weighted by Crippen LogP contribution is -2.45. The van der Waals surface area contributed by atoms with Crippen molar-refractivity contribution in [3.05, 3.63) is 95.3 Å². The molecule has 0 spiro atoms. The zero-order valence-corrected chi connectivity index (χ0v) is 22.3. The second-order valence-electron chi connectivity index (χ2n) is 9.94.